The average Bonchev–Trinajstić information content (AvgIpc) is 2.63. The van der Waals surface area contributed by atoms with E-state index >= 15 is 0 Å². The summed E-state index contributed by atoms with van der Waals surface area (Å²) in [4.78, 5) is 37.5. The molecule has 0 saturated heterocycles. The Morgan fingerprint density at radius 2 is 1.58 bits per heavy atom. The Balaban J connectivity index is 1.98. The van der Waals surface area contributed by atoms with Crippen molar-refractivity contribution in [1.29, 1.82) is 0 Å². The molecule has 2 rings (SSSR count). The summed E-state index contributed by atoms with van der Waals surface area (Å²) in [5.41, 5.74) is 2.75. The summed E-state index contributed by atoms with van der Waals surface area (Å²) in [6, 6.07) is 14.1. The molecule has 2 aromatic rings. The molecular weight excluding hydrogens is 330 g/mol. The molecule has 26 heavy (non-hydrogen) atoms. The zero-order valence-corrected chi connectivity index (χ0v) is 15.2. The van der Waals surface area contributed by atoms with Crippen LogP contribution in [0.15, 0.2) is 48.5 Å². The van der Waals surface area contributed by atoms with Crippen molar-refractivity contribution < 1.29 is 14.4 Å². The first-order chi connectivity index (χ1) is 12.4. The SMILES string of the molecule is CCC(=O)Nc1cccc(C(=O)N(C)CC(=O)Nc2ccc(C)cc2)c1. The number of hydrogen-bond acceptors (Lipinski definition) is 3. The Bertz CT molecular complexity index is 800. The molecule has 0 saturated carbocycles. The van der Waals surface area contributed by atoms with Crippen LogP contribution in [0.5, 0.6) is 0 Å². The molecule has 0 radical (unpaired) electrons. The molecule has 0 aliphatic heterocycles. The summed E-state index contributed by atoms with van der Waals surface area (Å²) < 4.78 is 0. The van der Waals surface area contributed by atoms with Gasteiger partial charge in [-0.15, -0.1) is 0 Å². The van der Waals surface area contributed by atoms with E-state index in [4.69, 9.17) is 0 Å². The van der Waals surface area contributed by atoms with Gasteiger partial charge in [0.05, 0.1) is 6.54 Å². The number of rotatable bonds is 6. The Morgan fingerprint density at radius 3 is 2.23 bits per heavy atom. The van der Waals surface area contributed by atoms with Crippen LogP contribution >= 0.6 is 0 Å². The monoisotopic (exact) mass is 353 g/mol. The molecule has 0 aromatic heterocycles. The Morgan fingerprint density at radius 1 is 0.923 bits per heavy atom. The van der Waals surface area contributed by atoms with Gasteiger partial charge in [0.15, 0.2) is 0 Å². The van der Waals surface area contributed by atoms with Gasteiger partial charge in [0.25, 0.3) is 5.91 Å². The van der Waals surface area contributed by atoms with Crippen molar-refractivity contribution in [3.63, 3.8) is 0 Å². The lowest BCUT2D eigenvalue weighted by molar-refractivity contribution is -0.117. The fourth-order valence-corrected chi connectivity index (χ4v) is 2.32. The number of amides is 3. The number of carbonyl (C=O) groups is 3. The van der Waals surface area contributed by atoms with Gasteiger partial charge in [-0.05, 0) is 37.3 Å². The second-order valence-corrected chi connectivity index (χ2v) is 6.06. The molecule has 0 bridgehead atoms. The van der Waals surface area contributed by atoms with Gasteiger partial charge in [-0.2, -0.15) is 0 Å². The normalized spacial score (nSPS) is 10.1. The third kappa shape index (κ3) is 5.44. The van der Waals surface area contributed by atoms with Gasteiger partial charge in [-0.1, -0.05) is 30.7 Å². The molecule has 0 unspecified atom stereocenters. The summed E-state index contributed by atoms with van der Waals surface area (Å²) in [6.07, 6.45) is 0.358. The maximum absolute atomic E-state index is 12.5. The van der Waals surface area contributed by atoms with Gasteiger partial charge in [0, 0.05) is 30.4 Å². The van der Waals surface area contributed by atoms with Crippen LogP contribution < -0.4 is 10.6 Å². The molecule has 2 N–H and O–H groups in total. The number of nitrogens with one attached hydrogen (secondary N) is 2. The van der Waals surface area contributed by atoms with Crippen molar-refractivity contribution in [3.8, 4) is 0 Å². The minimum atomic E-state index is -0.295. The highest BCUT2D eigenvalue weighted by molar-refractivity contribution is 6.00. The largest absolute Gasteiger partial charge is 0.332 e. The highest BCUT2D eigenvalue weighted by Gasteiger charge is 2.15. The lowest BCUT2D eigenvalue weighted by Crippen LogP contribution is -2.35. The van der Waals surface area contributed by atoms with E-state index in [1.807, 2.05) is 31.2 Å². The molecule has 0 spiro atoms. The zero-order chi connectivity index (χ0) is 19.1. The lowest BCUT2D eigenvalue weighted by Gasteiger charge is -2.17. The molecule has 0 fully saturated rings. The van der Waals surface area contributed by atoms with Crippen LogP contribution in [0.4, 0.5) is 11.4 Å². The van der Waals surface area contributed by atoms with Crippen molar-refractivity contribution in [3.05, 3.63) is 59.7 Å². The number of benzene rings is 2. The second-order valence-electron chi connectivity index (χ2n) is 6.06. The predicted molar refractivity (Wildman–Crippen MR) is 102 cm³/mol. The topological polar surface area (TPSA) is 78.5 Å². The number of aryl methyl sites for hydroxylation is 1. The Hall–Kier alpha value is -3.15. The van der Waals surface area contributed by atoms with E-state index in [2.05, 4.69) is 10.6 Å². The molecule has 2 aromatic carbocycles. The van der Waals surface area contributed by atoms with Gasteiger partial charge in [0.2, 0.25) is 11.8 Å². The van der Waals surface area contributed by atoms with E-state index < -0.39 is 0 Å². The fraction of sp³-hybridized carbons (Fsp3) is 0.250. The van der Waals surface area contributed by atoms with Gasteiger partial charge in [-0.3, -0.25) is 14.4 Å². The standard InChI is InChI=1S/C20H23N3O3/c1-4-18(24)22-17-7-5-6-15(12-17)20(26)23(3)13-19(25)21-16-10-8-14(2)9-11-16/h5-12H,4,13H2,1-3H3,(H,21,25)(H,22,24). The van der Waals surface area contributed by atoms with Crippen molar-refractivity contribution >= 4 is 29.1 Å². The van der Waals surface area contributed by atoms with E-state index in [9.17, 15) is 14.4 Å². The number of anilines is 2. The third-order valence-corrected chi connectivity index (χ3v) is 3.78. The molecule has 0 atom stereocenters. The molecule has 0 heterocycles. The minimum absolute atomic E-state index is 0.0712. The van der Waals surface area contributed by atoms with Crippen LogP contribution in [0.3, 0.4) is 0 Å². The summed E-state index contributed by atoms with van der Waals surface area (Å²) in [7, 11) is 1.56. The molecule has 6 heteroatoms. The highest BCUT2D eigenvalue weighted by atomic mass is 16.2. The van der Waals surface area contributed by atoms with Crippen LogP contribution in [-0.2, 0) is 9.59 Å². The smallest absolute Gasteiger partial charge is 0.254 e. The van der Waals surface area contributed by atoms with E-state index in [1.54, 1.807) is 38.2 Å². The minimum Gasteiger partial charge on any atom is -0.332 e. The first-order valence-electron chi connectivity index (χ1n) is 8.41. The van der Waals surface area contributed by atoms with Crippen LogP contribution in [0.2, 0.25) is 0 Å². The van der Waals surface area contributed by atoms with Crippen LogP contribution in [0, 0.1) is 6.92 Å². The number of hydrogen-bond donors (Lipinski definition) is 2. The van der Waals surface area contributed by atoms with Crippen molar-refractivity contribution in [2.45, 2.75) is 20.3 Å². The molecule has 3 amide bonds. The first kappa shape index (κ1) is 19.2. The summed E-state index contributed by atoms with van der Waals surface area (Å²) in [5.74, 6) is -0.697. The van der Waals surface area contributed by atoms with E-state index in [0.717, 1.165) is 5.56 Å². The quantitative estimate of drug-likeness (QED) is 0.838. The average molecular weight is 353 g/mol. The maximum atomic E-state index is 12.5. The predicted octanol–water partition coefficient (Wildman–Crippen LogP) is 3.05. The van der Waals surface area contributed by atoms with E-state index in [0.29, 0.717) is 23.4 Å². The maximum Gasteiger partial charge on any atom is 0.254 e. The van der Waals surface area contributed by atoms with Crippen molar-refractivity contribution in [2.75, 3.05) is 24.2 Å². The molecule has 136 valence electrons. The fourth-order valence-electron chi connectivity index (χ4n) is 2.32. The Kier molecular flexibility index (Phi) is 6.49. The van der Waals surface area contributed by atoms with Crippen LogP contribution in [0.25, 0.3) is 0 Å². The number of likely N-dealkylation sites (N-methyl/N-ethyl adjacent to an activating group) is 1. The summed E-state index contributed by atoms with van der Waals surface area (Å²) in [5, 5.41) is 5.48. The Labute approximate surface area is 153 Å². The van der Waals surface area contributed by atoms with Gasteiger partial charge in [0.1, 0.15) is 0 Å². The van der Waals surface area contributed by atoms with Crippen LogP contribution in [-0.4, -0.2) is 36.2 Å². The van der Waals surface area contributed by atoms with Gasteiger partial charge in [-0.25, -0.2) is 0 Å². The molecule has 0 aliphatic carbocycles. The lowest BCUT2D eigenvalue weighted by atomic mass is 10.1. The highest BCUT2D eigenvalue weighted by Crippen LogP contribution is 2.13. The first-order valence-corrected chi connectivity index (χ1v) is 8.41. The zero-order valence-electron chi connectivity index (χ0n) is 15.2. The summed E-state index contributed by atoms with van der Waals surface area (Å²) in [6.45, 7) is 3.65. The van der Waals surface area contributed by atoms with Gasteiger partial charge >= 0.3 is 0 Å². The number of nitrogens with zero attached hydrogens (tertiary/aromatic N) is 1. The number of carbonyl (C=O) groups excluding carboxylic acids is 3. The summed E-state index contributed by atoms with van der Waals surface area (Å²) >= 11 is 0. The van der Waals surface area contributed by atoms with E-state index in [-0.39, 0.29) is 24.3 Å². The van der Waals surface area contributed by atoms with Crippen LogP contribution in [0.1, 0.15) is 29.3 Å². The second kappa shape index (κ2) is 8.80. The molecule has 0 aliphatic rings. The van der Waals surface area contributed by atoms with Gasteiger partial charge < -0.3 is 15.5 Å². The van der Waals surface area contributed by atoms with E-state index in [1.165, 1.54) is 4.90 Å². The molecular formula is C20H23N3O3. The van der Waals surface area contributed by atoms with Crippen molar-refractivity contribution in [1.82, 2.24) is 4.90 Å². The van der Waals surface area contributed by atoms with Crippen molar-refractivity contribution in [2.24, 2.45) is 0 Å². The third-order valence-electron chi connectivity index (χ3n) is 3.78. The molecule has 6 nitrogen and oxygen atoms in total.